The predicted molar refractivity (Wildman–Crippen MR) is 128 cm³/mol. The van der Waals surface area contributed by atoms with Crippen LogP contribution in [0.25, 0.3) is 23.0 Å². The molecule has 0 bridgehead atoms. The Hall–Kier alpha value is -3.09. The molecular weight excluding hydrogens is 456 g/mol. The van der Waals surface area contributed by atoms with Gasteiger partial charge in [-0.3, -0.25) is 0 Å². The Morgan fingerprint density at radius 1 is 1.15 bits per heavy atom. The lowest BCUT2D eigenvalue weighted by molar-refractivity contribution is 0.561. The Labute approximate surface area is 198 Å². The van der Waals surface area contributed by atoms with Crippen LogP contribution in [0, 0.1) is 11.8 Å². The predicted octanol–water partition coefficient (Wildman–Crippen LogP) is 1.26. The summed E-state index contributed by atoms with van der Waals surface area (Å²) in [6.45, 7) is 5.53. The summed E-state index contributed by atoms with van der Waals surface area (Å²) in [6, 6.07) is 7.84. The summed E-state index contributed by atoms with van der Waals surface area (Å²) < 4.78 is 33.0. The van der Waals surface area contributed by atoms with Gasteiger partial charge >= 0.3 is 0 Å². The normalized spacial score (nSPS) is 21.8. The van der Waals surface area contributed by atoms with E-state index in [0.29, 0.717) is 30.5 Å². The van der Waals surface area contributed by atoms with Crippen molar-refractivity contribution in [3.8, 4) is 23.0 Å². The van der Waals surface area contributed by atoms with E-state index in [-0.39, 0.29) is 29.6 Å². The van der Waals surface area contributed by atoms with Crippen molar-refractivity contribution in [3.63, 3.8) is 0 Å². The molecule has 2 aliphatic rings. The van der Waals surface area contributed by atoms with E-state index in [1.165, 1.54) is 0 Å². The third kappa shape index (κ3) is 4.24. The molecule has 1 aliphatic heterocycles. The van der Waals surface area contributed by atoms with Crippen LogP contribution in [0.1, 0.15) is 19.4 Å². The topological polar surface area (TPSA) is 152 Å². The molecule has 2 aromatic heterocycles. The molecule has 0 radical (unpaired) electrons. The number of benzene rings is 1. The zero-order chi connectivity index (χ0) is 24.0. The van der Waals surface area contributed by atoms with E-state index in [1.807, 2.05) is 31.3 Å². The van der Waals surface area contributed by atoms with Crippen LogP contribution in [-0.2, 0) is 16.6 Å². The highest BCUT2D eigenvalue weighted by atomic mass is 32.2. The van der Waals surface area contributed by atoms with Gasteiger partial charge in [0.25, 0.3) is 5.89 Å². The highest BCUT2D eigenvalue weighted by molar-refractivity contribution is 7.90. The summed E-state index contributed by atoms with van der Waals surface area (Å²) in [5.41, 5.74) is 8.36. The number of nitrogen functional groups attached to an aromatic ring is 1. The SMILES string of the molecule is CNCc1ccc(-c2nnc(-c3nc(N4CC5C(NS(=O)(=O)C(C)C)[C@H]5C4)cnc3N)o2)cc1. The van der Waals surface area contributed by atoms with E-state index < -0.39 is 15.3 Å². The maximum atomic E-state index is 12.2. The Kier molecular flexibility index (Phi) is 5.74. The Morgan fingerprint density at radius 2 is 1.82 bits per heavy atom. The minimum Gasteiger partial charge on any atom is -0.414 e. The molecule has 0 amide bonds. The van der Waals surface area contributed by atoms with E-state index in [4.69, 9.17) is 10.2 Å². The van der Waals surface area contributed by atoms with Crippen molar-refractivity contribution in [2.45, 2.75) is 31.7 Å². The van der Waals surface area contributed by atoms with Crippen LogP contribution >= 0.6 is 0 Å². The molecule has 180 valence electrons. The zero-order valence-electron chi connectivity index (χ0n) is 19.3. The lowest BCUT2D eigenvalue weighted by Gasteiger charge is -2.21. The van der Waals surface area contributed by atoms with Crippen molar-refractivity contribution in [3.05, 3.63) is 36.0 Å². The van der Waals surface area contributed by atoms with E-state index in [1.54, 1.807) is 20.0 Å². The second-order valence-electron chi connectivity index (χ2n) is 9.07. The third-order valence-electron chi connectivity index (χ3n) is 6.44. The lowest BCUT2D eigenvalue weighted by atomic mass is 10.1. The molecule has 1 saturated heterocycles. The van der Waals surface area contributed by atoms with E-state index in [0.717, 1.165) is 17.7 Å². The number of piperidine rings is 1. The van der Waals surface area contributed by atoms with Crippen LogP contribution in [0.5, 0.6) is 0 Å². The number of rotatable bonds is 8. The summed E-state index contributed by atoms with van der Waals surface area (Å²) in [5.74, 6) is 1.95. The van der Waals surface area contributed by atoms with Crippen molar-refractivity contribution in [2.24, 2.45) is 11.8 Å². The Morgan fingerprint density at radius 3 is 2.47 bits per heavy atom. The molecule has 2 fully saturated rings. The van der Waals surface area contributed by atoms with Gasteiger partial charge in [0.2, 0.25) is 15.9 Å². The molecule has 3 heterocycles. The van der Waals surface area contributed by atoms with Gasteiger partial charge in [0, 0.05) is 31.2 Å². The van der Waals surface area contributed by atoms with Gasteiger partial charge in [-0.1, -0.05) is 12.1 Å². The first-order valence-corrected chi connectivity index (χ1v) is 12.8. The first kappa shape index (κ1) is 22.7. The molecule has 1 aliphatic carbocycles. The lowest BCUT2D eigenvalue weighted by Crippen LogP contribution is -2.38. The smallest absolute Gasteiger partial charge is 0.270 e. The molecule has 0 spiro atoms. The molecule has 4 N–H and O–H groups in total. The standard InChI is InChI=1S/C22H28N8O3S/c1-12(2)34(31,32)29-18-15-10-30(11-16(15)18)17-9-25-20(23)19(26-17)22-28-27-21(33-22)14-6-4-13(5-7-14)8-24-3/h4-7,9,12,15-16,18,24,29H,8,10-11H2,1-3H3,(H2,23,25)/t15-,16?,18?/m0/s1. The van der Waals surface area contributed by atoms with Crippen molar-refractivity contribution in [1.82, 2.24) is 30.2 Å². The number of nitrogens with zero attached hydrogens (tertiary/aromatic N) is 5. The van der Waals surface area contributed by atoms with E-state index in [2.05, 4.69) is 35.1 Å². The number of hydrogen-bond acceptors (Lipinski definition) is 10. The van der Waals surface area contributed by atoms with Gasteiger partial charge in [0.1, 0.15) is 5.82 Å². The maximum absolute atomic E-state index is 12.2. The first-order chi connectivity index (χ1) is 16.3. The molecule has 11 nitrogen and oxygen atoms in total. The van der Waals surface area contributed by atoms with Crippen molar-refractivity contribution in [1.29, 1.82) is 0 Å². The molecule has 34 heavy (non-hydrogen) atoms. The fraction of sp³-hybridized carbons (Fsp3) is 0.455. The number of nitrogens with one attached hydrogen (secondary N) is 2. The summed E-state index contributed by atoms with van der Waals surface area (Å²) in [5, 5.41) is 11.0. The number of fused-ring (bicyclic) bond motifs is 1. The van der Waals surface area contributed by atoms with Crippen molar-refractivity contribution >= 4 is 21.7 Å². The maximum Gasteiger partial charge on any atom is 0.270 e. The summed E-state index contributed by atoms with van der Waals surface area (Å²) >= 11 is 0. The Bertz CT molecular complexity index is 1280. The molecule has 2 unspecified atom stereocenters. The van der Waals surface area contributed by atoms with Gasteiger partial charge in [0.15, 0.2) is 11.5 Å². The molecule has 12 heteroatoms. The first-order valence-electron chi connectivity index (χ1n) is 11.2. The van der Waals surface area contributed by atoms with Gasteiger partial charge in [-0.05, 0) is 50.4 Å². The van der Waals surface area contributed by atoms with Gasteiger partial charge in [-0.25, -0.2) is 23.1 Å². The molecule has 5 rings (SSSR count). The summed E-state index contributed by atoms with van der Waals surface area (Å²) in [6.07, 6.45) is 1.62. The molecule has 1 aromatic carbocycles. The quantitative estimate of drug-likeness (QED) is 0.426. The second kappa shape index (κ2) is 8.60. The largest absolute Gasteiger partial charge is 0.414 e. The van der Waals surface area contributed by atoms with Gasteiger partial charge in [-0.15, -0.1) is 10.2 Å². The van der Waals surface area contributed by atoms with Gasteiger partial charge in [0.05, 0.1) is 11.4 Å². The number of nitrogens with two attached hydrogens (primary N) is 1. The fourth-order valence-corrected chi connectivity index (χ4v) is 5.32. The minimum absolute atomic E-state index is 0.0112. The van der Waals surface area contributed by atoms with Crippen LogP contribution in [0.15, 0.2) is 34.9 Å². The highest BCUT2D eigenvalue weighted by Gasteiger charge is 2.57. The molecule has 3 atom stereocenters. The van der Waals surface area contributed by atoms with Crippen LogP contribution in [-0.4, -0.2) is 60.0 Å². The highest BCUT2D eigenvalue weighted by Crippen LogP contribution is 2.47. The fourth-order valence-electron chi connectivity index (χ4n) is 4.32. The second-order valence-corrected chi connectivity index (χ2v) is 11.3. The summed E-state index contributed by atoms with van der Waals surface area (Å²) in [7, 11) is -1.38. The van der Waals surface area contributed by atoms with Gasteiger partial charge < -0.3 is 20.4 Å². The average molecular weight is 485 g/mol. The molecule has 1 saturated carbocycles. The van der Waals surface area contributed by atoms with Crippen molar-refractivity contribution in [2.75, 3.05) is 30.8 Å². The van der Waals surface area contributed by atoms with Crippen LogP contribution < -0.4 is 20.7 Å². The number of aromatic nitrogens is 4. The van der Waals surface area contributed by atoms with Crippen molar-refractivity contribution < 1.29 is 12.8 Å². The average Bonchev–Trinajstić information content (AvgIpc) is 3.19. The molecule has 3 aromatic rings. The minimum atomic E-state index is -3.28. The van der Waals surface area contributed by atoms with Crippen LogP contribution in [0.2, 0.25) is 0 Å². The monoisotopic (exact) mass is 484 g/mol. The van der Waals surface area contributed by atoms with E-state index >= 15 is 0 Å². The number of sulfonamides is 1. The van der Waals surface area contributed by atoms with Crippen LogP contribution in [0.3, 0.4) is 0 Å². The van der Waals surface area contributed by atoms with Gasteiger partial charge in [-0.2, -0.15) is 0 Å². The zero-order valence-corrected chi connectivity index (χ0v) is 20.1. The summed E-state index contributed by atoms with van der Waals surface area (Å²) in [4.78, 5) is 11.0. The number of anilines is 2. The number of hydrogen-bond donors (Lipinski definition) is 3. The third-order valence-corrected chi connectivity index (χ3v) is 8.28. The van der Waals surface area contributed by atoms with Crippen LogP contribution in [0.4, 0.5) is 11.6 Å². The Balaban J connectivity index is 1.30. The van der Waals surface area contributed by atoms with E-state index in [9.17, 15) is 8.42 Å². The molecular formula is C22H28N8O3S.